The third kappa shape index (κ3) is 2.71. The van der Waals surface area contributed by atoms with Crippen LogP contribution in [0.15, 0.2) is 11.0 Å². The van der Waals surface area contributed by atoms with Crippen molar-refractivity contribution in [1.82, 2.24) is 19.5 Å². The fourth-order valence-electron chi connectivity index (χ4n) is 5.34. The lowest BCUT2D eigenvalue weighted by Gasteiger charge is -2.25. The number of hydrogen-bond donors (Lipinski definition) is 1. The first-order valence-corrected chi connectivity index (χ1v) is 9.99. The van der Waals surface area contributed by atoms with Crippen molar-refractivity contribution in [2.75, 3.05) is 6.54 Å². The number of aryl methyl sites for hydroxylation is 2. The van der Waals surface area contributed by atoms with Crippen molar-refractivity contribution in [3.63, 3.8) is 0 Å². The molecule has 0 amide bonds. The van der Waals surface area contributed by atoms with Gasteiger partial charge in [0.2, 0.25) is 0 Å². The second-order valence-corrected chi connectivity index (χ2v) is 8.66. The maximum atomic E-state index is 13.0. The number of nitrogens with zero attached hydrogens (tertiary/aromatic N) is 3. The first-order chi connectivity index (χ1) is 12.1. The molecule has 1 aliphatic heterocycles. The van der Waals surface area contributed by atoms with Gasteiger partial charge in [-0.15, -0.1) is 12.4 Å². The van der Waals surface area contributed by atoms with E-state index < -0.39 is 0 Å². The molecule has 0 spiro atoms. The third-order valence-corrected chi connectivity index (χ3v) is 6.70. The van der Waals surface area contributed by atoms with Gasteiger partial charge in [-0.3, -0.25) is 4.79 Å². The topological polar surface area (TPSA) is 51.3 Å². The smallest absolute Gasteiger partial charge is 0.277 e. The van der Waals surface area contributed by atoms with Gasteiger partial charge in [0.15, 0.2) is 0 Å². The van der Waals surface area contributed by atoms with Gasteiger partial charge in [0.05, 0.1) is 5.69 Å². The van der Waals surface area contributed by atoms with Crippen LogP contribution in [0.1, 0.15) is 62.3 Å². The van der Waals surface area contributed by atoms with Gasteiger partial charge in [0.1, 0.15) is 5.65 Å². The summed E-state index contributed by atoms with van der Waals surface area (Å²) in [7, 11) is 0. The summed E-state index contributed by atoms with van der Waals surface area (Å²) in [6.07, 6.45) is 9.25. The van der Waals surface area contributed by atoms with Crippen LogP contribution in [0.25, 0.3) is 5.65 Å². The lowest BCUT2D eigenvalue weighted by atomic mass is 9.94. The van der Waals surface area contributed by atoms with E-state index in [-0.39, 0.29) is 23.9 Å². The van der Waals surface area contributed by atoms with Crippen LogP contribution in [-0.4, -0.2) is 26.8 Å². The lowest BCUT2D eigenvalue weighted by molar-refractivity contribution is 0.311. The molecule has 6 heteroatoms. The number of nitrogens with one attached hydrogen (secondary N) is 1. The van der Waals surface area contributed by atoms with Crippen LogP contribution in [0.4, 0.5) is 0 Å². The van der Waals surface area contributed by atoms with Crippen LogP contribution in [0, 0.1) is 11.8 Å². The van der Waals surface area contributed by atoms with E-state index in [0.29, 0.717) is 6.04 Å². The molecule has 2 aliphatic carbocycles. The largest absolute Gasteiger partial charge is 0.332 e. The molecule has 5 rings (SSSR count). The normalized spacial score (nSPS) is 27.1. The maximum absolute atomic E-state index is 13.0. The van der Waals surface area contributed by atoms with Crippen molar-refractivity contribution in [3.05, 3.63) is 33.4 Å². The summed E-state index contributed by atoms with van der Waals surface area (Å²) in [5.41, 5.74) is 4.56. The molecule has 0 radical (unpaired) electrons. The fourth-order valence-corrected chi connectivity index (χ4v) is 5.34. The van der Waals surface area contributed by atoms with Crippen molar-refractivity contribution < 1.29 is 0 Å². The highest BCUT2D eigenvalue weighted by atomic mass is 35.5. The van der Waals surface area contributed by atoms with E-state index in [0.717, 1.165) is 48.1 Å². The number of hydrogen-bond acceptors (Lipinski definition) is 3. The van der Waals surface area contributed by atoms with Crippen molar-refractivity contribution in [3.8, 4) is 0 Å². The Morgan fingerprint density at radius 3 is 2.77 bits per heavy atom. The molecule has 2 aromatic heterocycles. The molecule has 5 nitrogen and oxygen atoms in total. The molecule has 142 valence electrons. The van der Waals surface area contributed by atoms with Gasteiger partial charge < -0.3 is 9.88 Å². The molecule has 3 aliphatic rings. The third-order valence-electron chi connectivity index (χ3n) is 6.70. The van der Waals surface area contributed by atoms with Gasteiger partial charge in [-0.2, -0.15) is 9.61 Å². The molecule has 0 unspecified atom stereocenters. The molecular weight excluding hydrogens is 348 g/mol. The minimum Gasteiger partial charge on any atom is -0.332 e. The summed E-state index contributed by atoms with van der Waals surface area (Å²) >= 11 is 0. The van der Waals surface area contributed by atoms with Gasteiger partial charge in [-0.05, 0) is 62.8 Å². The molecular formula is C20H29ClN4O. The number of halogens is 1. The minimum absolute atomic E-state index is 0. The SMILES string of the molecule is CC(C)c1cn(C[C@H]2C[C@H]3C[C@@H]2CN3)c2c3c(nn2c1=O)CCCC3.Cl. The average Bonchev–Trinajstić information content (AvgIpc) is 3.30. The molecule has 26 heavy (non-hydrogen) atoms. The molecule has 1 N–H and O–H groups in total. The molecule has 3 heterocycles. The summed E-state index contributed by atoms with van der Waals surface area (Å²) in [5.74, 6) is 1.75. The maximum Gasteiger partial charge on any atom is 0.277 e. The van der Waals surface area contributed by atoms with E-state index in [1.54, 1.807) is 4.52 Å². The Morgan fingerprint density at radius 2 is 2.08 bits per heavy atom. The first-order valence-electron chi connectivity index (χ1n) is 9.99. The van der Waals surface area contributed by atoms with Gasteiger partial charge in [-0.1, -0.05) is 13.8 Å². The second-order valence-electron chi connectivity index (χ2n) is 8.66. The predicted octanol–water partition coefficient (Wildman–Crippen LogP) is 2.92. The van der Waals surface area contributed by atoms with Crippen LogP contribution < -0.4 is 10.9 Å². The van der Waals surface area contributed by atoms with Gasteiger partial charge in [-0.25, -0.2) is 0 Å². The van der Waals surface area contributed by atoms with E-state index in [2.05, 4.69) is 29.9 Å². The van der Waals surface area contributed by atoms with Crippen molar-refractivity contribution in [2.24, 2.45) is 11.8 Å². The zero-order valence-electron chi connectivity index (χ0n) is 15.7. The van der Waals surface area contributed by atoms with Crippen LogP contribution in [0.5, 0.6) is 0 Å². The Hall–Kier alpha value is -1.33. The van der Waals surface area contributed by atoms with E-state index in [1.807, 2.05) is 0 Å². The summed E-state index contributed by atoms with van der Waals surface area (Å²) in [4.78, 5) is 13.0. The Bertz CT molecular complexity index is 884. The van der Waals surface area contributed by atoms with Gasteiger partial charge in [0.25, 0.3) is 5.56 Å². The summed E-state index contributed by atoms with van der Waals surface area (Å²) in [6, 6.07) is 0.716. The molecule has 3 atom stereocenters. The molecule has 2 bridgehead atoms. The molecule has 2 aromatic rings. The highest BCUT2D eigenvalue weighted by Crippen LogP contribution is 2.38. The summed E-state index contributed by atoms with van der Waals surface area (Å²) in [6.45, 7) is 6.42. The van der Waals surface area contributed by atoms with E-state index >= 15 is 0 Å². The highest BCUT2D eigenvalue weighted by molar-refractivity contribution is 5.85. The van der Waals surface area contributed by atoms with Crippen LogP contribution in [-0.2, 0) is 19.4 Å². The number of piperidine rings is 1. The zero-order valence-corrected chi connectivity index (χ0v) is 16.5. The Morgan fingerprint density at radius 1 is 1.27 bits per heavy atom. The molecule has 2 fully saturated rings. The predicted molar refractivity (Wildman–Crippen MR) is 105 cm³/mol. The average molecular weight is 377 g/mol. The van der Waals surface area contributed by atoms with E-state index in [9.17, 15) is 4.79 Å². The Kier molecular flexibility index (Phi) is 4.64. The van der Waals surface area contributed by atoms with Crippen molar-refractivity contribution in [1.29, 1.82) is 0 Å². The highest BCUT2D eigenvalue weighted by Gasteiger charge is 2.39. The first kappa shape index (κ1) is 18.1. The number of aromatic nitrogens is 3. The summed E-state index contributed by atoms with van der Waals surface area (Å²) < 4.78 is 4.12. The quantitative estimate of drug-likeness (QED) is 0.896. The standard InChI is InChI=1S/C20H28N4O.ClH/c1-12(2)17-11-23(10-14-8-15-7-13(14)9-21-15)19-16-5-3-4-6-18(16)22-24(19)20(17)25;/h11-15,21H,3-10H2,1-2H3;1H/t13-,14-,15-;/m1./s1. The number of rotatable bonds is 3. The minimum atomic E-state index is 0. The fraction of sp³-hybridized carbons (Fsp3) is 0.700. The summed E-state index contributed by atoms with van der Waals surface area (Å²) in [5, 5.41) is 8.37. The van der Waals surface area contributed by atoms with Crippen LogP contribution in [0.3, 0.4) is 0 Å². The van der Waals surface area contributed by atoms with Gasteiger partial charge >= 0.3 is 0 Å². The molecule has 1 saturated heterocycles. The monoisotopic (exact) mass is 376 g/mol. The zero-order chi connectivity index (χ0) is 17.1. The molecule has 0 aromatic carbocycles. The molecule has 1 saturated carbocycles. The Labute approximate surface area is 160 Å². The van der Waals surface area contributed by atoms with E-state index in [4.69, 9.17) is 5.10 Å². The second kappa shape index (κ2) is 6.68. The number of fused-ring (bicyclic) bond motifs is 5. The van der Waals surface area contributed by atoms with Crippen molar-refractivity contribution in [2.45, 2.75) is 70.9 Å². The van der Waals surface area contributed by atoms with E-state index in [1.165, 1.54) is 37.8 Å². The Balaban J connectivity index is 0.00000168. The van der Waals surface area contributed by atoms with Crippen LogP contribution in [0.2, 0.25) is 0 Å². The van der Waals surface area contributed by atoms with Crippen molar-refractivity contribution >= 4 is 18.1 Å². The van der Waals surface area contributed by atoms with Crippen LogP contribution >= 0.6 is 12.4 Å². The van der Waals surface area contributed by atoms with Gasteiger partial charge in [0, 0.05) is 29.9 Å². The lowest BCUT2D eigenvalue weighted by Crippen LogP contribution is -2.32.